The third-order valence-corrected chi connectivity index (χ3v) is 4.01. The highest BCUT2D eigenvalue weighted by atomic mass is 79.9. The minimum absolute atomic E-state index is 0.165. The molecule has 5 heteroatoms. The molecule has 2 aliphatic heterocycles. The molecule has 0 radical (unpaired) electrons. The number of nitrogens with one attached hydrogen (secondary N) is 1. The Morgan fingerprint density at radius 1 is 1.33 bits per heavy atom. The van der Waals surface area contributed by atoms with Gasteiger partial charge < -0.3 is 14.8 Å². The quantitative estimate of drug-likeness (QED) is 0.864. The van der Waals surface area contributed by atoms with E-state index in [0.29, 0.717) is 34.7 Å². The van der Waals surface area contributed by atoms with Crippen molar-refractivity contribution in [3.8, 4) is 11.5 Å². The lowest BCUT2D eigenvalue weighted by molar-refractivity contribution is 0.295. The molecule has 3 nitrogen and oxygen atoms in total. The van der Waals surface area contributed by atoms with E-state index < -0.39 is 0 Å². The first-order valence-corrected chi connectivity index (χ1v) is 7.05. The standard InChI is InChI=1S/C13H15BrFNO2/c14-9-6-10-13(18-5-1-4-17-10)11(12(9)15)8-2-3-16-7-8/h6,8,16H,1-5,7H2. The molecule has 0 amide bonds. The summed E-state index contributed by atoms with van der Waals surface area (Å²) >= 11 is 3.27. The predicted molar refractivity (Wildman–Crippen MR) is 69.9 cm³/mol. The summed E-state index contributed by atoms with van der Waals surface area (Å²) in [6.07, 6.45) is 1.76. The fourth-order valence-corrected chi connectivity index (χ4v) is 2.96. The molecule has 3 rings (SSSR count). The second kappa shape index (κ2) is 5.05. The van der Waals surface area contributed by atoms with Crippen LogP contribution in [0.4, 0.5) is 4.39 Å². The van der Waals surface area contributed by atoms with Crippen LogP contribution < -0.4 is 14.8 Å². The van der Waals surface area contributed by atoms with E-state index in [1.807, 2.05) is 0 Å². The van der Waals surface area contributed by atoms with Gasteiger partial charge in [0.25, 0.3) is 0 Å². The molecule has 1 unspecified atom stereocenters. The molecule has 98 valence electrons. The van der Waals surface area contributed by atoms with Crippen LogP contribution in [0.2, 0.25) is 0 Å². The monoisotopic (exact) mass is 315 g/mol. The van der Waals surface area contributed by atoms with E-state index in [0.717, 1.165) is 25.9 Å². The van der Waals surface area contributed by atoms with Gasteiger partial charge in [0.2, 0.25) is 0 Å². The summed E-state index contributed by atoms with van der Waals surface area (Å²) in [6, 6.07) is 1.67. The molecular weight excluding hydrogens is 301 g/mol. The van der Waals surface area contributed by atoms with E-state index in [-0.39, 0.29) is 11.7 Å². The molecule has 1 fully saturated rings. The van der Waals surface area contributed by atoms with Crippen LogP contribution in [0.1, 0.15) is 24.3 Å². The van der Waals surface area contributed by atoms with E-state index in [9.17, 15) is 4.39 Å². The molecule has 0 bridgehead atoms. The second-order valence-corrected chi connectivity index (χ2v) is 5.51. The molecule has 1 aromatic carbocycles. The molecule has 1 N–H and O–H groups in total. The minimum atomic E-state index is -0.215. The SMILES string of the molecule is Fc1c(Br)cc2c(c1C1CCNC1)OCCCO2. The highest BCUT2D eigenvalue weighted by Gasteiger charge is 2.29. The molecule has 2 heterocycles. The van der Waals surface area contributed by atoms with Crippen molar-refractivity contribution in [2.45, 2.75) is 18.8 Å². The summed E-state index contributed by atoms with van der Waals surface area (Å²) in [4.78, 5) is 0. The third-order valence-electron chi connectivity index (χ3n) is 3.43. The topological polar surface area (TPSA) is 30.5 Å². The van der Waals surface area contributed by atoms with Crippen molar-refractivity contribution in [3.05, 3.63) is 21.9 Å². The van der Waals surface area contributed by atoms with E-state index in [1.165, 1.54) is 0 Å². The number of hydrogen-bond donors (Lipinski definition) is 1. The van der Waals surface area contributed by atoms with Gasteiger partial charge >= 0.3 is 0 Å². The van der Waals surface area contributed by atoms with Crippen LogP contribution in [0.25, 0.3) is 0 Å². The molecule has 0 spiro atoms. The van der Waals surface area contributed by atoms with Gasteiger partial charge in [0.1, 0.15) is 5.82 Å². The lowest BCUT2D eigenvalue weighted by Gasteiger charge is -2.18. The Morgan fingerprint density at radius 3 is 2.94 bits per heavy atom. The van der Waals surface area contributed by atoms with Gasteiger partial charge in [0.05, 0.1) is 17.7 Å². The van der Waals surface area contributed by atoms with Gasteiger partial charge in [0.15, 0.2) is 11.5 Å². The fraction of sp³-hybridized carbons (Fsp3) is 0.538. The zero-order valence-electron chi connectivity index (χ0n) is 9.97. The highest BCUT2D eigenvalue weighted by Crippen LogP contribution is 2.43. The van der Waals surface area contributed by atoms with E-state index in [1.54, 1.807) is 6.07 Å². The molecule has 0 aromatic heterocycles. The number of halogens is 2. The zero-order valence-corrected chi connectivity index (χ0v) is 11.6. The molecule has 0 aliphatic carbocycles. The minimum Gasteiger partial charge on any atom is -0.490 e. The lowest BCUT2D eigenvalue weighted by atomic mass is 9.96. The van der Waals surface area contributed by atoms with Gasteiger partial charge in [-0.05, 0) is 28.9 Å². The average molecular weight is 316 g/mol. The summed E-state index contributed by atoms with van der Waals surface area (Å²) in [5.41, 5.74) is 0.659. The van der Waals surface area contributed by atoms with Crippen molar-refractivity contribution in [1.29, 1.82) is 0 Å². The van der Waals surface area contributed by atoms with Gasteiger partial charge in [-0.15, -0.1) is 0 Å². The Labute approximate surface area is 114 Å². The Morgan fingerprint density at radius 2 is 2.17 bits per heavy atom. The van der Waals surface area contributed by atoms with Crippen LogP contribution in [0.5, 0.6) is 11.5 Å². The molecular formula is C13H15BrFNO2. The Balaban J connectivity index is 2.11. The van der Waals surface area contributed by atoms with Gasteiger partial charge in [-0.3, -0.25) is 0 Å². The van der Waals surface area contributed by atoms with Crippen molar-refractivity contribution >= 4 is 15.9 Å². The van der Waals surface area contributed by atoms with Crippen molar-refractivity contribution in [3.63, 3.8) is 0 Å². The van der Waals surface area contributed by atoms with Gasteiger partial charge in [-0.2, -0.15) is 0 Å². The summed E-state index contributed by atoms with van der Waals surface area (Å²) in [6.45, 7) is 2.92. The van der Waals surface area contributed by atoms with Gasteiger partial charge in [-0.1, -0.05) is 0 Å². The summed E-state index contributed by atoms with van der Waals surface area (Å²) in [7, 11) is 0. The number of ether oxygens (including phenoxy) is 2. The molecule has 1 atom stereocenters. The summed E-state index contributed by atoms with van der Waals surface area (Å²) in [5.74, 6) is 1.20. The highest BCUT2D eigenvalue weighted by molar-refractivity contribution is 9.10. The molecule has 2 aliphatic rings. The van der Waals surface area contributed by atoms with Crippen LogP contribution >= 0.6 is 15.9 Å². The number of rotatable bonds is 1. The van der Waals surface area contributed by atoms with Crippen LogP contribution in [-0.4, -0.2) is 26.3 Å². The van der Waals surface area contributed by atoms with Crippen LogP contribution in [-0.2, 0) is 0 Å². The molecule has 18 heavy (non-hydrogen) atoms. The average Bonchev–Trinajstić information content (AvgIpc) is 2.78. The summed E-state index contributed by atoms with van der Waals surface area (Å²) < 4.78 is 26.2. The third kappa shape index (κ3) is 2.10. The smallest absolute Gasteiger partial charge is 0.167 e. The molecule has 1 aromatic rings. The molecule has 0 saturated carbocycles. The zero-order chi connectivity index (χ0) is 12.5. The van der Waals surface area contributed by atoms with Crippen molar-refractivity contribution < 1.29 is 13.9 Å². The maximum absolute atomic E-state index is 14.4. The van der Waals surface area contributed by atoms with Crippen molar-refractivity contribution in [2.75, 3.05) is 26.3 Å². The lowest BCUT2D eigenvalue weighted by Crippen LogP contribution is -2.11. The Bertz CT molecular complexity index is 461. The number of hydrogen-bond acceptors (Lipinski definition) is 3. The normalized spacial score (nSPS) is 22.9. The van der Waals surface area contributed by atoms with Crippen molar-refractivity contribution in [2.24, 2.45) is 0 Å². The second-order valence-electron chi connectivity index (χ2n) is 4.65. The summed E-state index contributed by atoms with van der Waals surface area (Å²) in [5, 5.41) is 3.26. The predicted octanol–water partition coefficient (Wildman–Crippen LogP) is 2.83. The largest absolute Gasteiger partial charge is 0.490 e. The van der Waals surface area contributed by atoms with E-state index >= 15 is 0 Å². The number of benzene rings is 1. The van der Waals surface area contributed by atoms with E-state index in [4.69, 9.17) is 9.47 Å². The fourth-order valence-electron chi connectivity index (χ4n) is 2.54. The van der Waals surface area contributed by atoms with E-state index in [2.05, 4.69) is 21.2 Å². The maximum Gasteiger partial charge on any atom is 0.167 e. The Hall–Kier alpha value is -0.810. The first kappa shape index (κ1) is 12.2. The van der Waals surface area contributed by atoms with Crippen LogP contribution in [0.3, 0.4) is 0 Å². The van der Waals surface area contributed by atoms with Gasteiger partial charge in [0, 0.05) is 30.5 Å². The number of fused-ring (bicyclic) bond motifs is 1. The maximum atomic E-state index is 14.4. The Kier molecular flexibility index (Phi) is 3.43. The van der Waals surface area contributed by atoms with Crippen molar-refractivity contribution in [1.82, 2.24) is 5.32 Å². The molecule has 1 saturated heterocycles. The van der Waals surface area contributed by atoms with Gasteiger partial charge in [-0.25, -0.2) is 4.39 Å². The first-order chi connectivity index (χ1) is 8.77. The first-order valence-electron chi connectivity index (χ1n) is 6.25. The van der Waals surface area contributed by atoms with Crippen LogP contribution in [0, 0.1) is 5.82 Å². The van der Waals surface area contributed by atoms with Crippen LogP contribution in [0.15, 0.2) is 10.5 Å².